The molecule has 1 fully saturated rings. The van der Waals surface area contributed by atoms with E-state index in [1.165, 1.54) is 6.07 Å². The quantitative estimate of drug-likeness (QED) is 0.367. The third kappa shape index (κ3) is 4.30. The molecule has 1 aromatic heterocycles. The summed E-state index contributed by atoms with van der Waals surface area (Å²) in [5.74, 6) is 1.44. The fourth-order valence-corrected chi connectivity index (χ4v) is 5.46. The Kier molecular flexibility index (Phi) is 5.83. The number of hydrogen-bond acceptors (Lipinski definition) is 3. The lowest BCUT2D eigenvalue weighted by molar-refractivity contribution is 0.110. The van der Waals surface area contributed by atoms with Gasteiger partial charge in [0.1, 0.15) is 24.0 Å². The molecule has 0 saturated carbocycles. The van der Waals surface area contributed by atoms with Crippen LogP contribution in [0.5, 0.6) is 5.75 Å². The molecule has 1 unspecified atom stereocenters. The van der Waals surface area contributed by atoms with E-state index < -0.39 is 0 Å². The smallest absolute Gasteiger partial charge is 0.320 e. The first-order chi connectivity index (χ1) is 17.5. The van der Waals surface area contributed by atoms with Crippen molar-refractivity contribution in [3.05, 3.63) is 83.4 Å². The molecule has 0 radical (unpaired) electrons. The largest absolute Gasteiger partial charge is 0.491 e. The highest BCUT2D eigenvalue weighted by Gasteiger charge is 2.32. The number of ether oxygens (including phenoxy) is 1. The maximum absolute atomic E-state index is 14.0. The van der Waals surface area contributed by atoms with Gasteiger partial charge in [-0.3, -0.25) is 0 Å². The number of nitrogens with one attached hydrogen (secondary N) is 1. The molecule has 184 valence electrons. The van der Waals surface area contributed by atoms with Crippen LogP contribution in [0.3, 0.4) is 0 Å². The molecule has 1 atom stereocenters. The zero-order chi connectivity index (χ0) is 24.6. The summed E-state index contributed by atoms with van der Waals surface area (Å²) in [5, 5.41) is 0. The average Bonchev–Trinajstić information content (AvgIpc) is 3.13. The maximum atomic E-state index is 14.0. The molecule has 0 spiro atoms. The minimum absolute atomic E-state index is 0.0137. The van der Waals surface area contributed by atoms with Crippen molar-refractivity contribution in [2.45, 2.75) is 38.8 Å². The number of piperidine rings is 1. The van der Waals surface area contributed by atoms with Crippen LogP contribution in [0.1, 0.15) is 42.3 Å². The summed E-state index contributed by atoms with van der Waals surface area (Å²) in [7, 11) is 0. The first kappa shape index (κ1) is 22.6. The van der Waals surface area contributed by atoms with Gasteiger partial charge in [-0.2, -0.15) is 0 Å². The van der Waals surface area contributed by atoms with Crippen LogP contribution in [0.15, 0.2) is 60.7 Å². The number of urea groups is 1. The fraction of sp³-hybridized carbons (Fsp3) is 0.310. The lowest BCUT2D eigenvalue weighted by atomic mass is 9.95. The van der Waals surface area contributed by atoms with Crippen LogP contribution in [-0.4, -0.2) is 45.5 Å². The minimum atomic E-state index is -0.265. The lowest BCUT2D eigenvalue weighted by Gasteiger charge is -2.39. The van der Waals surface area contributed by atoms with Crippen molar-refractivity contribution in [2.24, 2.45) is 0 Å². The molecule has 2 aliphatic rings. The van der Waals surface area contributed by atoms with Gasteiger partial charge in [0, 0.05) is 12.1 Å². The van der Waals surface area contributed by atoms with Gasteiger partial charge in [-0.25, -0.2) is 14.2 Å². The van der Waals surface area contributed by atoms with Gasteiger partial charge in [-0.05, 0) is 79.3 Å². The number of benzene rings is 3. The monoisotopic (exact) mass is 484 g/mol. The number of H-pyrrole nitrogens is 1. The lowest BCUT2D eigenvalue weighted by Crippen LogP contribution is -2.47. The predicted octanol–water partition coefficient (Wildman–Crippen LogP) is 6.22. The van der Waals surface area contributed by atoms with Crippen molar-refractivity contribution >= 4 is 17.1 Å². The first-order valence-corrected chi connectivity index (χ1v) is 12.6. The van der Waals surface area contributed by atoms with Gasteiger partial charge >= 0.3 is 6.03 Å². The molecule has 0 aliphatic carbocycles. The molecular weight excluding hydrogens is 455 g/mol. The Hall–Kier alpha value is -3.87. The number of likely N-dealkylation sites (tertiary alicyclic amines) is 1. The highest BCUT2D eigenvalue weighted by molar-refractivity contribution is 5.82. The predicted molar refractivity (Wildman–Crippen MR) is 137 cm³/mol. The zero-order valence-corrected chi connectivity index (χ0v) is 20.3. The number of carbonyl (C=O) groups is 1. The van der Waals surface area contributed by atoms with Gasteiger partial charge in [-0.1, -0.05) is 24.3 Å². The number of fused-ring (bicyclic) bond motifs is 2. The number of rotatable bonds is 2. The Labute approximate surface area is 209 Å². The Morgan fingerprint density at radius 2 is 1.92 bits per heavy atom. The van der Waals surface area contributed by atoms with E-state index in [9.17, 15) is 9.18 Å². The number of halogens is 1. The van der Waals surface area contributed by atoms with Crippen LogP contribution in [0.25, 0.3) is 22.2 Å². The van der Waals surface area contributed by atoms with Gasteiger partial charge in [0.15, 0.2) is 0 Å². The molecule has 4 aromatic rings. The Balaban J connectivity index is 1.27. The van der Waals surface area contributed by atoms with E-state index in [-0.39, 0.29) is 17.9 Å². The molecule has 36 heavy (non-hydrogen) atoms. The van der Waals surface area contributed by atoms with E-state index in [4.69, 9.17) is 4.74 Å². The first-order valence-electron chi connectivity index (χ1n) is 12.6. The Morgan fingerprint density at radius 3 is 2.81 bits per heavy atom. The maximum Gasteiger partial charge on any atom is 0.320 e. The van der Waals surface area contributed by atoms with Gasteiger partial charge in [0.05, 0.1) is 30.2 Å². The number of aromatic amines is 1. The third-order valence-corrected chi connectivity index (χ3v) is 7.23. The number of aryl methyl sites for hydroxylation is 1. The highest BCUT2D eigenvalue weighted by Crippen LogP contribution is 2.34. The molecule has 3 aromatic carbocycles. The van der Waals surface area contributed by atoms with Crippen molar-refractivity contribution in [2.75, 3.05) is 19.7 Å². The number of amides is 2. The number of imidazole rings is 1. The van der Waals surface area contributed by atoms with Crippen LogP contribution in [-0.2, 0) is 6.54 Å². The molecule has 1 saturated heterocycles. The van der Waals surface area contributed by atoms with Crippen LogP contribution in [0.4, 0.5) is 9.18 Å². The molecule has 6 rings (SSSR count). The van der Waals surface area contributed by atoms with Crippen molar-refractivity contribution in [3.8, 4) is 16.9 Å². The summed E-state index contributed by atoms with van der Waals surface area (Å²) in [6.45, 7) is 4.05. The van der Waals surface area contributed by atoms with Crippen LogP contribution in [0, 0.1) is 12.7 Å². The summed E-state index contributed by atoms with van der Waals surface area (Å²) in [4.78, 5) is 25.4. The van der Waals surface area contributed by atoms with Gasteiger partial charge in [0.2, 0.25) is 0 Å². The molecule has 3 heterocycles. The van der Waals surface area contributed by atoms with E-state index in [1.807, 2.05) is 34.9 Å². The second-order valence-corrected chi connectivity index (χ2v) is 9.69. The average molecular weight is 485 g/mol. The van der Waals surface area contributed by atoms with Crippen molar-refractivity contribution in [3.63, 3.8) is 0 Å². The van der Waals surface area contributed by atoms with E-state index in [0.717, 1.165) is 64.1 Å². The topological polar surface area (TPSA) is 61.5 Å². The second kappa shape index (κ2) is 9.30. The third-order valence-electron chi connectivity index (χ3n) is 7.23. The molecule has 1 N–H and O–H groups in total. The summed E-state index contributed by atoms with van der Waals surface area (Å²) < 4.78 is 20.0. The van der Waals surface area contributed by atoms with Gasteiger partial charge in [0.25, 0.3) is 0 Å². The molecule has 7 heteroatoms. The minimum Gasteiger partial charge on any atom is -0.491 e. The second-order valence-electron chi connectivity index (χ2n) is 9.69. The normalized spacial score (nSPS) is 18.0. The van der Waals surface area contributed by atoms with Crippen LogP contribution >= 0.6 is 0 Å². The van der Waals surface area contributed by atoms with Crippen molar-refractivity contribution in [1.29, 1.82) is 0 Å². The Bertz CT molecular complexity index is 1430. The van der Waals surface area contributed by atoms with Gasteiger partial charge in [-0.15, -0.1) is 0 Å². The molecule has 2 amide bonds. The standard InChI is InChI=1S/C29H29FN4O2/c1-19-31-25-10-8-21(17-26(25)32-19)20-9-11-28-23(15-20)18-33(13-14-36-28)29(35)34-12-3-2-7-27(34)22-5-4-6-24(30)16-22/h4-6,8-11,15-17,27H,2-3,7,12-14,18H2,1H3,(H,31,32). The molecule has 6 nitrogen and oxygen atoms in total. The summed E-state index contributed by atoms with van der Waals surface area (Å²) >= 11 is 0. The van der Waals surface area contributed by atoms with Crippen LogP contribution < -0.4 is 4.74 Å². The molecular formula is C29H29FN4O2. The molecule has 0 bridgehead atoms. The Morgan fingerprint density at radius 1 is 1.06 bits per heavy atom. The summed E-state index contributed by atoms with van der Waals surface area (Å²) in [5.41, 5.74) is 5.94. The van der Waals surface area contributed by atoms with E-state index in [1.54, 1.807) is 12.1 Å². The number of aromatic nitrogens is 2. The van der Waals surface area contributed by atoms with Crippen molar-refractivity contribution < 1.29 is 13.9 Å². The number of hydrogen-bond donors (Lipinski definition) is 1. The SMILES string of the molecule is Cc1nc2ccc(-c3ccc4c(c3)CN(C(=O)N3CCCCC3c3cccc(F)c3)CCO4)cc2[nH]1. The zero-order valence-electron chi connectivity index (χ0n) is 20.3. The van der Waals surface area contributed by atoms with Crippen molar-refractivity contribution in [1.82, 2.24) is 19.8 Å². The van der Waals surface area contributed by atoms with E-state index in [0.29, 0.717) is 26.2 Å². The van der Waals surface area contributed by atoms with Crippen LogP contribution in [0.2, 0.25) is 0 Å². The van der Waals surface area contributed by atoms with E-state index >= 15 is 0 Å². The number of carbonyl (C=O) groups excluding carboxylic acids is 1. The number of nitrogens with zero attached hydrogens (tertiary/aromatic N) is 3. The fourth-order valence-electron chi connectivity index (χ4n) is 5.46. The highest BCUT2D eigenvalue weighted by atomic mass is 19.1. The van der Waals surface area contributed by atoms with Gasteiger partial charge < -0.3 is 19.5 Å². The summed E-state index contributed by atoms with van der Waals surface area (Å²) in [6.07, 6.45) is 2.83. The van der Waals surface area contributed by atoms with E-state index in [2.05, 4.69) is 34.2 Å². The summed E-state index contributed by atoms with van der Waals surface area (Å²) in [6, 6.07) is 18.9. The molecule has 2 aliphatic heterocycles.